The van der Waals surface area contributed by atoms with Gasteiger partial charge in [-0.15, -0.1) is 0 Å². The molecule has 2 heterocycles. The largest absolute Gasteiger partial charge is 0.489 e. The molecule has 1 aromatic heterocycles. The molecule has 7 N–H and O–H groups in total. The minimum Gasteiger partial charge on any atom is -0.489 e. The summed E-state index contributed by atoms with van der Waals surface area (Å²) in [6.45, 7) is 2.40. The van der Waals surface area contributed by atoms with Crippen molar-refractivity contribution in [1.82, 2.24) is 14.7 Å². The number of nitrogens with two attached hydrogens (primary N) is 1. The van der Waals surface area contributed by atoms with E-state index in [9.17, 15) is 18.3 Å². The van der Waals surface area contributed by atoms with Gasteiger partial charge in [0.15, 0.2) is 0 Å². The predicted octanol–water partition coefficient (Wildman–Crippen LogP) is -0.0517. The van der Waals surface area contributed by atoms with Crippen molar-refractivity contribution in [2.24, 2.45) is 5.73 Å². The van der Waals surface area contributed by atoms with Gasteiger partial charge in [0.1, 0.15) is 24.3 Å². The van der Waals surface area contributed by atoms with Gasteiger partial charge in [-0.1, -0.05) is 0 Å². The van der Waals surface area contributed by atoms with Crippen molar-refractivity contribution in [1.29, 1.82) is 0 Å². The summed E-state index contributed by atoms with van der Waals surface area (Å²) >= 11 is 0. The van der Waals surface area contributed by atoms with E-state index in [1.54, 1.807) is 18.2 Å². The number of anilines is 4. The van der Waals surface area contributed by atoms with Crippen LogP contribution in [-0.4, -0.2) is 67.5 Å². The quantitative estimate of drug-likeness (QED) is 0.264. The number of aliphatic hydroxyl groups excluding tert-OH is 1. The van der Waals surface area contributed by atoms with Gasteiger partial charge in [-0.05, 0) is 25.1 Å². The molecular formula is C18H27N7O5S2. The smallest absolute Gasteiger partial charge is 0.254 e. The van der Waals surface area contributed by atoms with E-state index in [4.69, 9.17) is 10.5 Å². The molecule has 32 heavy (non-hydrogen) atoms. The van der Waals surface area contributed by atoms with Crippen LogP contribution in [0.3, 0.4) is 0 Å². The Morgan fingerprint density at radius 3 is 2.88 bits per heavy atom. The number of hydrogen-bond donors (Lipinski definition) is 6. The van der Waals surface area contributed by atoms with Gasteiger partial charge >= 0.3 is 0 Å². The van der Waals surface area contributed by atoms with Crippen LogP contribution >= 0.6 is 13.5 Å². The van der Waals surface area contributed by atoms with Gasteiger partial charge in [0.2, 0.25) is 16.0 Å². The number of primary amides is 1. The normalized spacial score (nSPS) is 15.2. The number of carbonyl (C=O) groups excluding carboxylic acids is 1. The second-order valence-electron chi connectivity index (χ2n) is 6.73. The molecule has 0 bridgehead atoms. The molecule has 1 aliphatic heterocycles. The molecule has 1 atom stereocenters. The summed E-state index contributed by atoms with van der Waals surface area (Å²) in [5.41, 5.74) is 6.82. The average molecular weight is 486 g/mol. The topological polar surface area (TPSA) is 181 Å². The van der Waals surface area contributed by atoms with E-state index in [1.807, 2.05) is 0 Å². The second-order valence-corrected chi connectivity index (χ2v) is 8.82. The van der Waals surface area contributed by atoms with Crippen molar-refractivity contribution in [3.63, 3.8) is 0 Å². The highest BCUT2D eigenvalue weighted by molar-refractivity contribution is 7.89. The molecule has 176 valence electrons. The lowest BCUT2D eigenvalue weighted by atomic mass is 10.2. The molecule has 14 heteroatoms. The third-order valence-corrected chi connectivity index (χ3v) is 5.77. The number of amides is 1. The Hall–Kier alpha value is -2.81. The van der Waals surface area contributed by atoms with Crippen LogP contribution in [0.25, 0.3) is 0 Å². The fourth-order valence-corrected chi connectivity index (χ4v) is 3.34. The van der Waals surface area contributed by atoms with Crippen LogP contribution in [0.5, 0.6) is 5.75 Å². The Bertz CT molecular complexity index is 1050. The van der Waals surface area contributed by atoms with Gasteiger partial charge in [0.05, 0.1) is 17.0 Å². The van der Waals surface area contributed by atoms with Gasteiger partial charge in [0.25, 0.3) is 5.91 Å². The number of benzene rings is 1. The van der Waals surface area contributed by atoms with Crippen LogP contribution in [-0.2, 0) is 10.0 Å². The lowest BCUT2D eigenvalue weighted by molar-refractivity contribution is 0.100. The fraction of sp³-hybridized carbons (Fsp3) is 0.389. The van der Waals surface area contributed by atoms with Gasteiger partial charge in [-0.25, -0.2) is 18.1 Å². The van der Waals surface area contributed by atoms with Crippen molar-refractivity contribution < 1.29 is 23.1 Å². The molecule has 0 saturated heterocycles. The van der Waals surface area contributed by atoms with Crippen molar-refractivity contribution in [3.8, 4) is 5.75 Å². The Balaban J connectivity index is 0.00000363. The van der Waals surface area contributed by atoms with Crippen LogP contribution in [0.15, 0.2) is 24.4 Å². The Morgan fingerprint density at radius 2 is 2.16 bits per heavy atom. The van der Waals surface area contributed by atoms with E-state index in [0.29, 0.717) is 23.7 Å². The Kier molecular flexibility index (Phi) is 8.89. The molecule has 0 saturated carbocycles. The van der Waals surface area contributed by atoms with Gasteiger partial charge in [-0.3, -0.25) is 4.79 Å². The zero-order chi connectivity index (χ0) is 22.4. The fourth-order valence-electron chi connectivity index (χ4n) is 2.72. The van der Waals surface area contributed by atoms with Crippen molar-refractivity contribution >= 4 is 52.6 Å². The number of ether oxygens (including phenoxy) is 1. The summed E-state index contributed by atoms with van der Waals surface area (Å²) in [6, 6.07) is 5.29. The van der Waals surface area contributed by atoms with E-state index in [2.05, 4.69) is 30.6 Å². The lowest BCUT2D eigenvalue weighted by Gasteiger charge is -2.13. The third kappa shape index (κ3) is 6.85. The van der Waals surface area contributed by atoms with E-state index < -0.39 is 22.0 Å². The van der Waals surface area contributed by atoms with Crippen molar-refractivity contribution in [2.45, 2.75) is 13.0 Å². The maximum atomic E-state index is 11.7. The van der Waals surface area contributed by atoms with E-state index in [1.165, 1.54) is 13.1 Å². The zero-order valence-corrected chi connectivity index (χ0v) is 19.2. The number of aliphatic hydroxyl groups is 1. The molecule has 0 radical (unpaired) electrons. The van der Waals surface area contributed by atoms with E-state index in [-0.39, 0.29) is 56.3 Å². The van der Waals surface area contributed by atoms with Crippen molar-refractivity contribution in [2.75, 3.05) is 47.9 Å². The number of rotatable bonds is 9. The number of carbonyl (C=O) groups is 1. The number of β-amino-alcohol motifs (C(OH)–C–C–N with tert-alkyl or cyclic N) is 1. The number of hydrogen-bond acceptors (Lipinski definition) is 10. The molecule has 0 unspecified atom stereocenters. The SMILES string of the molecule is CCS(=O)(=O)NCCNc1nc(Nc2ccc3c(c2)NC[C@H](O)CO3)ncc1C(N)=O.S. The first kappa shape index (κ1) is 25.5. The molecular weight excluding hydrogens is 458 g/mol. The first-order valence-electron chi connectivity index (χ1n) is 9.61. The Labute approximate surface area is 192 Å². The third-order valence-electron chi connectivity index (χ3n) is 4.37. The first-order valence-corrected chi connectivity index (χ1v) is 11.3. The van der Waals surface area contributed by atoms with Crippen molar-refractivity contribution in [3.05, 3.63) is 30.0 Å². The highest BCUT2D eigenvalue weighted by Gasteiger charge is 2.16. The predicted molar refractivity (Wildman–Crippen MR) is 127 cm³/mol. The minimum atomic E-state index is -3.32. The van der Waals surface area contributed by atoms with E-state index in [0.717, 1.165) is 0 Å². The summed E-state index contributed by atoms with van der Waals surface area (Å²) in [4.78, 5) is 20.1. The molecule has 2 aromatic rings. The summed E-state index contributed by atoms with van der Waals surface area (Å²) in [7, 11) is -3.32. The van der Waals surface area contributed by atoms with Crippen LogP contribution in [0, 0.1) is 0 Å². The molecule has 1 amide bonds. The minimum absolute atomic E-state index is 0. The lowest BCUT2D eigenvalue weighted by Crippen LogP contribution is -2.30. The summed E-state index contributed by atoms with van der Waals surface area (Å²) < 4.78 is 31.0. The number of nitrogens with zero attached hydrogens (tertiary/aromatic N) is 2. The number of sulfonamides is 1. The van der Waals surface area contributed by atoms with Gasteiger partial charge in [0, 0.05) is 31.5 Å². The molecule has 0 fully saturated rings. The molecule has 0 spiro atoms. The monoisotopic (exact) mass is 485 g/mol. The second kappa shape index (κ2) is 11.2. The molecule has 0 aliphatic carbocycles. The van der Waals surface area contributed by atoms with Crippen LogP contribution in [0.1, 0.15) is 17.3 Å². The van der Waals surface area contributed by atoms with Gasteiger partial charge < -0.3 is 31.5 Å². The van der Waals surface area contributed by atoms with E-state index >= 15 is 0 Å². The highest BCUT2D eigenvalue weighted by atomic mass is 32.2. The van der Waals surface area contributed by atoms with Crippen LogP contribution in [0.4, 0.5) is 23.1 Å². The Morgan fingerprint density at radius 1 is 1.38 bits per heavy atom. The van der Waals surface area contributed by atoms with Gasteiger partial charge in [-0.2, -0.15) is 18.5 Å². The maximum absolute atomic E-state index is 11.7. The number of aromatic nitrogens is 2. The molecule has 1 aliphatic rings. The summed E-state index contributed by atoms with van der Waals surface area (Å²) in [6.07, 6.45) is 0.682. The highest BCUT2D eigenvalue weighted by Crippen LogP contribution is 2.30. The summed E-state index contributed by atoms with van der Waals surface area (Å²) in [5, 5.41) is 18.7. The first-order chi connectivity index (χ1) is 14.8. The average Bonchev–Trinajstić information content (AvgIpc) is 2.92. The maximum Gasteiger partial charge on any atom is 0.254 e. The number of fused-ring (bicyclic) bond motifs is 1. The van der Waals surface area contributed by atoms with Crippen LogP contribution < -0.4 is 31.1 Å². The zero-order valence-electron chi connectivity index (χ0n) is 17.4. The summed E-state index contributed by atoms with van der Waals surface area (Å²) in [5.74, 6) is 0.258. The molecule has 12 nitrogen and oxygen atoms in total. The molecule has 3 rings (SSSR count). The molecule has 1 aromatic carbocycles. The standard InChI is InChI=1S/C18H25N7O5S.H2S/c1-2-31(28,29)23-6-5-20-17-13(16(19)27)9-22-18(25-17)24-11-3-4-15-14(7-11)21-8-12(26)10-30-15;/h3-4,7,9,12,21,23,26H,2,5-6,8,10H2,1H3,(H2,19,27)(H2,20,22,24,25);1H2/t12-;/m0./s1. The van der Waals surface area contributed by atoms with Crippen LogP contribution in [0.2, 0.25) is 0 Å². The number of nitrogens with one attached hydrogen (secondary N) is 4.